The average Bonchev–Trinajstić information content (AvgIpc) is 2.13. The van der Waals surface area contributed by atoms with Gasteiger partial charge in [0.2, 0.25) is 0 Å². The standard InChI is InChI=1S/C13H24/c1-6-9-13(8-3)12(5)10-11(4)7-2/h7,13H,5-6,8-10H2,1-4H3. The van der Waals surface area contributed by atoms with Gasteiger partial charge in [0.25, 0.3) is 0 Å². The van der Waals surface area contributed by atoms with Crippen molar-refractivity contribution in [1.82, 2.24) is 0 Å². The summed E-state index contributed by atoms with van der Waals surface area (Å²) in [5, 5.41) is 0. The lowest BCUT2D eigenvalue weighted by atomic mass is 9.89. The first-order valence-electron chi connectivity index (χ1n) is 5.45. The molecule has 0 aromatic rings. The lowest BCUT2D eigenvalue weighted by Gasteiger charge is -2.17. The molecule has 0 heteroatoms. The Labute approximate surface area is 83.7 Å². The summed E-state index contributed by atoms with van der Waals surface area (Å²) in [6.07, 6.45) is 7.08. The van der Waals surface area contributed by atoms with Crippen LogP contribution < -0.4 is 0 Å². The van der Waals surface area contributed by atoms with E-state index in [-0.39, 0.29) is 0 Å². The lowest BCUT2D eigenvalue weighted by Crippen LogP contribution is -2.02. The van der Waals surface area contributed by atoms with Gasteiger partial charge in [0.05, 0.1) is 0 Å². The first-order valence-corrected chi connectivity index (χ1v) is 5.45. The quantitative estimate of drug-likeness (QED) is 0.519. The third-order valence-electron chi connectivity index (χ3n) is 2.71. The first kappa shape index (κ1) is 12.5. The van der Waals surface area contributed by atoms with Gasteiger partial charge >= 0.3 is 0 Å². The lowest BCUT2D eigenvalue weighted by molar-refractivity contribution is 0.525. The summed E-state index contributed by atoms with van der Waals surface area (Å²) in [5.74, 6) is 0.736. The van der Waals surface area contributed by atoms with Crippen molar-refractivity contribution in [3.63, 3.8) is 0 Å². The van der Waals surface area contributed by atoms with Crippen LogP contribution in [0, 0.1) is 5.92 Å². The van der Waals surface area contributed by atoms with E-state index < -0.39 is 0 Å². The summed E-state index contributed by atoms with van der Waals surface area (Å²) in [6.45, 7) is 13.0. The highest BCUT2D eigenvalue weighted by molar-refractivity contribution is 5.12. The molecule has 0 heterocycles. The van der Waals surface area contributed by atoms with Crippen LogP contribution in [0.3, 0.4) is 0 Å². The minimum Gasteiger partial charge on any atom is -0.0993 e. The van der Waals surface area contributed by atoms with E-state index in [0.29, 0.717) is 0 Å². The van der Waals surface area contributed by atoms with Gasteiger partial charge in [-0.2, -0.15) is 0 Å². The molecule has 0 aromatic heterocycles. The molecule has 0 aliphatic carbocycles. The van der Waals surface area contributed by atoms with Crippen LogP contribution in [0.2, 0.25) is 0 Å². The molecular weight excluding hydrogens is 156 g/mol. The fraction of sp³-hybridized carbons (Fsp3) is 0.692. The molecule has 0 fully saturated rings. The molecule has 0 aliphatic rings. The molecule has 0 radical (unpaired) electrons. The average molecular weight is 180 g/mol. The first-order chi connectivity index (χ1) is 6.15. The number of hydrogen-bond acceptors (Lipinski definition) is 0. The van der Waals surface area contributed by atoms with Gasteiger partial charge in [-0.25, -0.2) is 0 Å². The third kappa shape index (κ3) is 4.92. The van der Waals surface area contributed by atoms with E-state index >= 15 is 0 Å². The molecule has 1 atom stereocenters. The molecular formula is C13H24. The highest BCUT2D eigenvalue weighted by Crippen LogP contribution is 2.24. The molecule has 0 saturated heterocycles. The second-order valence-corrected chi connectivity index (χ2v) is 3.86. The largest absolute Gasteiger partial charge is 0.0993 e. The Morgan fingerprint density at radius 1 is 1.38 bits per heavy atom. The summed E-state index contributed by atoms with van der Waals surface area (Å²) in [6, 6.07) is 0. The molecule has 0 saturated carbocycles. The maximum Gasteiger partial charge on any atom is -0.0111 e. The Morgan fingerprint density at radius 2 is 2.00 bits per heavy atom. The van der Waals surface area contributed by atoms with E-state index in [0.717, 1.165) is 12.3 Å². The van der Waals surface area contributed by atoms with Gasteiger partial charge in [-0.05, 0) is 39.0 Å². The Bertz CT molecular complexity index is 174. The second-order valence-electron chi connectivity index (χ2n) is 3.86. The molecule has 0 bridgehead atoms. The summed E-state index contributed by atoms with van der Waals surface area (Å²) in [5.41, 5.74) is 2.86. The van der Waals surface area contributed by atoms with Crippen LogP contribution in [0.1, 0.15) is 53.4 Å². The Balaban J connectivity index is 4.05. The molecule has 0 spiro atoms. The van der Waals surface area contributed by atoms with E-state index in [1.807, 2.05) is 0 Å². The van der Waals surface area contributed by atoms with Gasteiger partial charge in [-0.1, -0.05) is 44.1 Å². The zero-order valence-corrected chi connectivity index (χ0v) is 9.69. The Kier molecular flexibility index (Phi) is 6.66. The monoisotopic (exact) mass is 180 g/mol. The maximum absolute atomic E-state index is 4.19. The third-order valence-corrected chi connectivity index (χ3v) is 2.71. The van der Waals surface area contributed by atoms with Crippen molar-refractivity contribution in [3.05, 3.63) is 23.8 Å². The summed E-state index contributed by atoms with van der Waals surface area (Å²) in [4.78, 5) is 0. The van der Waals surface area contributed by atoms with Crippen LogP contribution in [-0.4, -0.2) is 0 Å². The maximum atomic E-state index is 4.19. The molecule has 0 aliphatic heterocycles. The molecule has 0 N–H and O–H groups in total. The van der Waals surface area contributed by atoms with Crippen molar-refractivity contribution < 1.29 is 0 Å². The fourth-order valence-corrected chi connectivity index (χ4v) is 1.65. The molecule has 0 amide bonds. The highest BCUT2D eigenvalue weighted by atomic mass is 14.1. The normalized spacial score (nSPS) is 14.3. The van der Waals surface area contributed by atoms with Crippen LogP contribution >= 0.6 is 0 Å². The van der Waals surface area contributed by atoms with Gasteiger partial charge in [-0.15, -0.1) is 0 Å². The number of hydrogen-bond donors (Lipinski definition) is 0. The Hall–Kier alpha value is -0.520. The van der Waals surface area contributed by atoms with E-state index in [1.54, 1.807) is 0 Å². The van der Waals surface area contributed by atoms with Gasteiger partial charge in [0.1, 0.15) is 0 Å². The second kappa shape index (κ2) is 6.94. The van der Waals surface area contributed by atoms with Crippen molar-refractivity contribution in [1.29, 1.82) is 0 Å². The Morgan fingerprint density at radius 3 is 2.38 bits per heavy atom. The molecule has 13 heavy (non-hydrogen) atoms. The number of allylic oxidation sites excluding steroid dienone is 3. The molecule has 0 aromatic carbocycles. The van der Waals surface area contributed by atoms with Crippen LogP contribution in [0.25, 0.3) is 0 Å². The van der Waals surface area contributed by atoms with Crippen LogP contribution in [0.4, 0.5) is 0 Å². The predicted molar refractivity (Wildman–Crippen MR) is 61.9 cm³/mol. The smallest absolute Gasteiger partial charge is 0.0111 e. The van der Waals surface area contributed by atoms with Crippen LogP contribution in [-0.2, 0) is 0 Å². The zero-order valence-electron chi connectivity index (χ0n) is 9.69. The van der Waals surface area contributed by atoms with Crippen molar-refractivity contribution >= 4 is 0 Å². The topological polar surface area (TPSA) is 0 Å². The molecule has 0 rings (SSSR count). The summed E-state index contributed by atoms with van der Waals surface area (Å²) in [7, 11) is 0. The summed E-state index contributed by atoms with van der Waals surface area (Å²) >= 11 is 0. The minimum absolute atomic E-state index is 0.736. The predicted octanol–water partition coefficient (Wildman–Crippen LogP) is 4.73. The van der Waals surface area contributed by atoms with Crippen molar-refractivity contribution in [2.45, 2.75) is 53.4 Å². The van der Waals surface area contributed by atoms with E-state index in [4.69, 9.17) is 0 Å². The SMILES string of the molecule is C=C(CC(C)=CC)C(CC)CCC. The van der Waals surface area contributed by atoms with Gasteiger partial charge in [0, 0.05) is 0 Å². The van der Waals surface area contributed by atoms with E-state index in [9.17, 15) is 0 Å². The van der Waals surface area contributed by atoms with Crippen LogP contribution in [0.5, 0.6) is 0 Å². The van der Waals surface area contributed by atoms with Crippen LogP contribution in [0.15, 0.2) is 23.8 Å². The van der Waals surface area contributed by atoms with Crippen molar-refractivity contribution in [2.75, 3.05) is 0 Å². The van der Waals surface area contributed by atoms with Crippen molar-refractivity contribution in [2.24, 2.45) is 5.92 Å². The van der Waals surface area contributed by atoms with Crippen molar-refractivity contribution in [3.8, 4) is 0 Å². The van der Waals surface area contributed by atoms with Gasteiger partial charge < -0.3 is 0 Å². The van der Waals surface area contributed by atoms with E-state index in [2.05, 4.69) is 40.3 Å². The molecule has 1 unspecified atom stereocenters. The number of rotatable bonds is 6. The summed E-state index contributed by atoms with van der Waals surface area (Å²) < 4.78 is 0. The molecule has 0 nitrogen and oxygen atoms in total. The fourth-order valence-electron chi connectivity index (χ4n) is 1.65. The van der Waals surface area contributed by atoms with Gasteiger partial charge in [-0.3, -0.25) is 0 Å². The zero-order chi connectivity index (χ0) is 10.3. The van der Waals surface area contributed by atoms with Gasteiger partial charge in [0.15, 0.2) is 0 Å². The van der Waals surface area contributed by atoms with E-state index in [1.165, 1.54) is 30.4 Å². The minimum atomic E-state index is 0.736. The highest BCUT2D eigenvalue weighted by Gasteiger charge is 2.08. The molecule has 76 valence electrons.